The smallest absolute Gasteiger partial charge is 0.296 e. The maximum absolute atomic E-state index is 12.2. The van der Waals surface area contributed by atoms with Crippen LogP contribution in [0, 0.1) is 6.92 Å². The highest BCUT2D eigenvalue weighted by Gasteiger charge is 2.20. The van der Waals surface area contributed by atoms with Crippen LogP contribution in [0.25, 0.3) is 10.4 Å². The number of unbranched alkanes of at least 4 members (excludes halogenated alkanes) is 1. The van der Waals surface area contributed by atoms with E-state index in [1.165, 1.54) is 12.1 Å². The van der Waals surface area contributed by atoms with Crippen LogP contribution in [-0.4, -0.2) is 27.2 Å². The molecule has 162 valence electrons. The number of nitrogens with zero attached hydrogens (tertiary/aromatic N) is 3. The van der Waals surface area contributed by atoms with E-state index in [-0.39, 0.29) is 23.6 Å². The highest BCUT2D eigenvalue weighted by molar-refractivity contribution is 7.86. The van der Waals surface area contributed by atoms with Gasteiger partial charge in [-0.1, -0.05) is 66.5 Å². The fourth-order valence-corrected chi connectivity index (χ4v) is 4.00. The zero-order chi connectivity index (χ0) is 21.8. The van der Waals surface area contributed by atoms with E-state index >= 15 is 0 Å². The number of ether oxygens (including phenoxy) is 1. The Morgan fingerprint density at radius 1 is 1.07 bits per heavy atom. The van der Waals surface area contributed by atoms with Crippen LogP contribution in [0.5, 0.6) is 0 Å². The van der Waals surface area contributed by atoms with Gasteiger partial charge in [-0.05, 0) is 49.4 Å². The monoisotopic (exact) mass is 431 g/mol. The Morgan fingerprint density at radius 2 is 1.77 bits per heavy atom. The van der Waals surface area contributed by atoms with E-state index in [9.17, 15) is 8.42 Å². The van der Waals surface area contributed by atoms with E-state index in [1.807, 2.05) is 44.2 Å². The van der Waals surface area contributed by atoms with Gasteiger partial charge in [-0.25, -0.2) is 0 Å². The molecule has 0 bridgehead atoms. The minimum absolute atomic E-state index is 0.0842. The molecular formula is C22H29N3O4S. The summed E-state index contributed by atoms with van der Waals surface area (Å²) in [6.45, 7) is 4.42. The molecule has 0 amide bonds. The highest BCUT2D eigenvalue weighted by atomic mass is 32.2. The summed E-state index contributed by atoms with van der Waals surface area (Å²) in [7, 11) is -3.75. The van der Waals surface area contributed by atoms with Crippen LogP contribution in [0.2, 0.25) is 0 Å². The minimum atomic E-state index is -3.75. The van der Waals surface area contributed by atoms with Gasteiger partial charge in [0.1, 0.15) is 0 Å². The number of hydrogen-bond donors (Lipinski definition) is 0. The first-order valence-corrected chi connectivity index (χ1v) is 11.5. The Labute approximate surface area is 178 Å². The molecule has 0 N–H and O–H groups in total. The van der Waals surface area contributed by atoms with Crippen molar-refractivity contribution in [3.8, 4) is 0 Å². The molecule has 0 saturated carbocycles. The highest BCUT2D eigenvalue weighted by Crippen LogP contribution is 2.18. The van der Waals surface area contributed by atoms with Crippen molar-refractivity contribution in [1.29, 1.82) is 0 Å². The summed E-state index contributed by atoms with van der Waals surface area (Å²) < 4.78 is 35.5. The molecule has 30 heavy (non-hydrogen) atoms. The van der Waals surface area contributed by atoms with Crippen molar-refractivity contribution in [1.82, 2.24) is 0 Å². The quantitative estimate of drug-likeness (QED) is 0.136. The third-order valence-corrected chi connectivity index (χ3v) is 6.11. The number of azide groups is 1. The Balaban J connectivity index is 1.80. The van der Waals surface area contributed by atoms with Crippen LogP contribution >= 0.6 is 0 Å². The van der Waals surface area contributed by atoms with Gasteiger partial charge in [-0.3, -0.25) is 4.18 Å². The molecule has 0 radical (unpaired) electrons. The van der Waals surface area contributed by atoms with Crippen LogP contribution in [-0.2, 0) is 25.6 Å². The molecule has 0 aliphatic carbocycles. The maximum Gasteiger partial charge on any atom is 0.296 e. The zero-order valence-electron chi connectivity index (χ0n) is 17.5. The van der Waals surface area contributed by atoms with Crippen LogP contribution in [0.4, 0.5) is 0 Å². The van der Waals surface area contributed by atoms with Crippen LogP contribution in [0.15, 0.2) is 64.6 Å². The van der Waals surface area contributed by atoms with Crippen molar-refractivity contribution in [2.45, 2.75) is 63.2 Å². The van der Waals surface area contributed by atoms with Crippen molar-refractivity contribution in [2.75, 3.05) is 6.61 Å². The van der Waals surface area contributed by atoms with Gasteiger partial charge in [0.05, 0.1) is 30.3 Å². The van der Waals surface area contributed by atoms with Gasteiger partial charge in [0.25, 0.3) is 10.1 Å². The number of rotatable bonds is 13. The predicted molar refractivity (Wildman–Crippen MR) is 116 cm³/mol. The van der Waals surface area contributed by atoms with Crippen molar-refractivity contribution in [3.05, 3.63) is 76.2 Å². The first-order chi connectivity index (χ1) is 14.5. The molecule has 7 nitrogen and oxygen atoms in total. The summed E-state index contributed by atoms with van der Waals surface area (Å²) in [6.07, 6.45) is 2.33. The number of aryl methyl sites for hydroxylation is 1. The van der Waals surface area contributed by atoms with Gasteiger partial charge in [0.15, 0.2) is 0 Å². The van der Waals surface area contributed by atoms with Gasteiger partial charge >= 0.3 is 0 Å². The predicted octanol–water partition coefficient (Wildman–Crippen LogP) is 5.54. The molecular weight excluding hydrogens is 402 g/mol. The Morgan fingerprint density at radius 3 is 2.40 bits per heavy atom. The van der Waals surface area contributed by atoms with E-state index in [0.29, 0.717) is 25.9 Å². The van der Waals surface area contributed by atoms with E-state index < -0.39 is 10.1 Å². The summed E-state index contributed by atoms with van der Waals surface area (Å²) >= 11 is 0. The van der Waals surface area contributed by atoms with E-state index in [1.54, 1.807) is 12.1 Å². The number of hydrogen-bond acceptors (Lipinski definition) is 5. The molecule has 0 aliphatic heterocycles. The largest absolute Gasteiger partial charge is 0.373 e. The van der Waals surface area contributed by atoms with Gasteiger partial charge in [0.2, 0.25) is 0 Å². The average Bonchev–Trinajstić information content (AvgIpc) is 2.74. The lowest BCUT2D eigenvalue weighted by Gasteiger charge is -2.23. The average molecular weight is 432 g/mol. The SMILES string of the molecule is CC[C@H](OCc1ccccc1)[C@H](CCCCOS(=O)(=O)c1ccc(C)cc1)N=[N+]=[N-]. The standard InChI is InChI=1S/C22H29N3O4S/c1-3-22(28-17-19-9-5-4-6-10-19)21(24-25-23)11-7-8-16-29-30(26,27)20-14-12-18(2)13-15-20/h4-6,9-10,12-15,21-22H,3,7-8,11,16-17H2,1-2H3/t21-,22-/m0/s1. The molecule has 0 aromatic heterocycles. The first kappa shape index (κ1) is 23.9. The van der Waals surface area contributed by atoms with E-state index in [4.69, 9.17) is 14.5 Å². The van der Waals surface area contributed by atoms with Crippen LogP contribution in [0.3, 0.4) is 0 Å². The lowest BCUT2D eigenvalue weighted by Crippen LogP contribution is -2.26. The Bertz CT molecular complexity index is 911. The summed E-state index contributed by atoms with van der Waals surface area (Å²) in [5.41, 5.74) is 11.0. The molecule has 0 fully saturated rings. The third-order valence-electron chi connectivity index (χ3n) is 4.78. The summed E-state index contributed by atoms with van der Waals surface area (Å²) in [5.74, 6) is 0. The van der Waals surface area contributed by atoms with Gasteiger partial charge in [-0.15, -0.1) is 0 Å². The van der Waals surface area contributed by atoms with Crippen molar-refractivity contribution in [2.24, 2.45) is 5.11 Å². The normalized spacial score (nSPS) is 13.4. The molecule has 2 atom stereocenters. The topological polar surface area (TPSA) is 101 Å². The second kappa shape index (κ2) is 12.3. The molecule has 8 heteroatoms. The molecule has 0 aliphatic rings. The number of benzene rings is 2. The summed E-state index contributed by atoms with van der Waals surface area (Å²) in [6, 6.07) is 16.1. The fraction of sp³-hybridized carbons (Fsp3) is 0.455. The Kier molecular flexibility index (Phi) is 9.83. The van der Waals surface area contributed by atoms with Crippen LogP contribution < -0.4 is 0 Å². The lowest BCUT2D eigenvalue weighted by atomic mass is 10.0. The van der Waals surface area contributed by atoms with Gasteiger partial charge in [0, 0.05) is 4.91 Å². The zero-order valence-corrected chi connectivity index (χ0v) is 18.3. The molecule has 0 heterocycles. The molecule has 2 aromatic carbocycles. The van der Waals surface area contributed by atoms with Crippen molar-refractivity contribution < 1.29 is 17.3 Å². The van der Waals surface area contributed by atoms with E-state index in [0.717, 1.165) is 17.5 Å². The van der Waals surface area contributed by atoms with Crippen molar-refractivity contribution >= 4 is 10.1 Å². The minimum Gasteiger partial charge on any atom is -0.373 e. The fourth-order valence-electron chi connectivity index (χ4n) is 3.06. The second-order valence-corrected chi connectivity index (χ2v) is 8.72. The molecule has 0 saturated heterocycles. The molecule has 0 unspecified atom stereocenters. The second-order valence-electron chi connectivity index (χ2n) is 7.10. The summed E-state index contributed by atoms with van der Waals surface area (Å²) in [5, 5.41) is 3.91. The Hall–Kier alpha value is -2.38. The van der Waals surface area contributed by atoms with Gasteiger partial charge < -0.3 is 4.74 Å². The van der Waals surface area contributed by atoms with E-state index in [2.05, 4.69) is 10.0 Å². The van der Waals surface area contributed by atoms with Crippen LogP contribution in [0.1, 0.15) is 43.7 Å². The van der Waals surface area contributed by atoms with Gasteiger partial charge in [-0.2, -0.15) is 8.42 Å². The molecule has 0 spiro atoms. The van der Waals surface area contributed by atoms with Crippen molar-refractivity contribution in [3.63, 3.8) is 0 Å². The molecule has 2 aromatic rings. The lowest BCUT2D eigenvalue weighted by molar-refractivity contribution is 0.0188. The molecule has 2 rings (SSSR count). The first-order valence-electron chi connectivity index (χ1n) is 10.1. The third kappa shape index (κ3) is 7.80. The summed E-state index contributed by atoms with van der Waals surface area (Å²) in [4.78, 5) is 3.12. The maximum atomic E-state index is 12.2.